The van der Waals surface area contributed by atoms with Crippen LogP contribution in [0.2, 0.25) is 0 Å². The van der Waals surface area contributed by atoms with Crippen LogP contribution in [-0.4, -0.2) is 20.7 Å². The van der Waals surface area contributed by atoms with Gasteiger partial charge in [0.15, 0.2) is 0 Å². The number of pyridine rings is 1. The lowest BCUT2D eigenvalue weighted by Gasteiger charge is -2.08. The van der Waals surface area contributed by atoms with Gasteiger partial charge >= 0.3 is 0 Å². The standard InChI is InChI=1S/C21H19N5O/c1-26-20(17-9-5-6-10-18(17)25-26)21(27)23-14-15-11-12-19(22-13-15)24-16-7-3-2-4-8-16/h2-13H,14H2,1H3,(H,22,24)(H,23,27). The van der Waals surface area contributed by atoms with Gasteiger partial charge in [0.1, 0.15) is 11.5 Å². The summed E-state index contributed by atoms with van der Waals surface area (Å²) in [5, 5.41) is 11.4. The van der Waals surface area contributed by atoms with Gasteiger partial charge in [-0.3, -0.25) is 9.48 Å². The molecule has 0 unspecified atom stereocenters. The number of hydrogen-bond acceptors (Lipinski definition) is 4. The molecule has 6 heteroatoms. The van der Waals surface area contributed by atoms with E-state index in [4.69, 9.17) is 0 Å². The Hall–Kier alpha value is -3.67. The Kier molecular flexibility index (Phi) is 4.53. The number of aromatic nitrogens is 3. The molecule has 2 N–H and O–H groups in total. The summed E-state index contributed by atoms with van der Waals surface area (Å²) in [7, 11) is 1.78. The van der Waals surface area contributed by atoms with Crippen molar-refractivity contribution in [3.63, 3.8) is 0 Å². The van der Waals surface area contributed by atoms with Gasteiger partial charge in [-0.15, -0.1) is 0 Å². The molecule has 134 valence electrons. The number of carbonyl (C=O) groups excluding carboxylic acids is 1. The van der Waals surface area contributed by atoms with Crippen LogP contribution in [0.1, 0.15) is 16.1 Å². The molecule has 27 heavy (non-hydrogen) atoms. The second-order valence-corrected chi connectivity index (χ2v) is 6.21. The summed E-state index contributed by atoms with van der Waals surface area (Å²) in [6.07, 6.45) is 1.76. The van der Waals surface area contributed by atoms with Gasteiger partial charge in [0.05, 0.1) is 5.52 Å². The van der Waals surface area contributed by atoms with Crippen LogP contribution in [0.4, 0.5) is 11.5 Å². The molecule has 2 aromatic heterocycles. The van der Waals surface area contributed by atoms with E-state index in [0.29, 0.717) is 12.2 Å². The third-order valence-corrected chi connectivity index (χ3v) is 4.28. The van der Waals surface area contributed by atoms with Gasteiger partial charge in [0.25, 0.3) is 5.91 Å². The van der Waals surface area contributed by atoms with Gasteiger partial charge in [-0.2, -0.15) is 5.10 Å². The van der Waals surface area contributed by atoms with Crippen LogP contribution in [0.5, 0.6) is 0 Å². The number of amides is 1. The zero-order chi connectivity index (χ0) is 18.6. The summed E-state index contributed by atoms with van der Waals surface area (Å²) in [5.41, 5.74) is 3.27. The lowest BCUT2D eigenvalue weighted by atomic mass is 10.2. The lowest BCUT2D eigenvalue weighted by molar-refractivity contribution is 0.0943. The zero-order valence-corrected chi connectivity index (χ0v) is 14.9. The lowest BCUT2D eigenvalue weighted by Crippen LogP contribution is -2.25. The summed E-state index contributed by atoms with van der Waals surface area (Å²) < 4.78 is 1.62. The Balaban J connectivity index is 1.42. The first-order valence-electron chi connectivity index (χ1n) is 8.67. The fraction of sp³-hybridized carbons (Fsp3) is 0.0952. The SMILES string of the molecule is Cn1nc2ccccc2c1C(=O)NCc1ccc(Nc2ccccc2)nc1. The van der Waals surface area contributed by atoms with E-state index in [1.54, 1.807) is 17.9 Å². The van der Waals surface area contributed by atoms with Gasteiger partial charge in [-0.25, -0.2) is 4.98 Å². The number of hydrogen-bond donors (Lipinski definition) is 2. The average molecular weight is 357 g/mol. The molecule has 2 heterocycles. The highest BCUT2D eigenvalue weighted by Gasteiger charge is 2.15. The number of nitrogens with one attached hydrogen (secondary N) is 2. The second-order valence-electron chi connectivity index (χ2n) is 6.21. The van der Waals surface area contributed by atoms with Crippen molar-refractivity contribution in [2.24, 2.45) is 7.05 Å². The van der Waals surface area contributed by atoms with Crippen LogP contribution in [0.15, 0.2) is 72.9 Å². The number of carbonyl (C=O) groups is 1. The second kappa shape index (κ2) is 7.29. The van der Waals surface area contributed by atoms with Gasteiger partial charge < -0.3 is 10.6 Å². The number of aryl methyl sites for hydroxylation is 1. The Morgan fingerprint density at radius 3 is 2.56 bits per heavy atom. The average Bonchev–Trinajstić information content (AvgIpc) is 3.04. The van der Waals surface area contributed by atoms with Crippen molar-refractivity contribution in [3.8, 4) is 0 Å². The van der Waals surface area contributed by atoms with Crippen molar-refractivity contribution in [1.82, 2.24) is 20.1 Å². The van der Waals surface area contributed by atoms with E-state index in [-0.39, 0.29) is 5.91 Å². The molecular formula is C21H19N5O. The summed E-state index contributed by atoms with van der Waals surface area (Å²) >= 11 is 0. The highest BCUT2D eigenvalue weighted by Crippen LogP contribution is 2.17. The summed E-state index contributed by atoms with van der Waals surface area (Å²) in [5.74, 6) is 0.603. The first-order valence-corrected chi connectivity index (χ1v) is 8.67. The molecule has 0 saturated carbocycles. The van der Waals surface area contributed by atoms with Gasteiger partial charge in [0.2, 0.25) is 0 Å². The van der Waals surface area contributed by atoms with Crippen molar-refractivity contribution in [1.29, 1.82) is 0 Å². The normalized spacial score (nSPS) is 10.7. The molecule has 4 rings (SSSR count). The van der Waals surface area contributed by atoms with E-state index in [0.717, 1.165) is 28.0 Å². The van der Waals surface area contributed by atoms with E-state index in [1.165, 1.54) is 0 Å². The molecule has 0 bridgehead atoms. The van der Waals surface area contributed by atoms with E-state index >= 15 is 0 Å². The van der Waals surface area contributed by atoms with Crippen molar-refractivity contribution in [3.05, 3.63) is 84.2 Å². The molecule has 0 atom stereocenters. The molecule has 1 amide bonds. The maximum atomic E-state index is 12.6. The topological polar surface area (TPSA) is 71.8 Å². The van der Waals surface area contributed by atoms with Gasteiger partial charge in [0, 0.05) is 30.9 Å². The predicted molar refractivity (Wildman–Crippen MR) is 106 cm³/mol. The van der Waals surface area contributed by atoms with Crippen molar-refractivity contribution in [2.75, 3.05) is 5.32 Å². The highest BCUT2D eigenvalue weighted by atomic mass is 16.2. The van der Waals surface area contributed by atoms with Crippen LogP contribution < -0.4 is 10.6 Å². The smallest absolute Gasteiger partial charge is 0.270 e. The molecular weight excluding hydrogens is 338 g/mol. The van der Waals surface area contributed by atoms with Gasteiger partial charge in [-0.05, 0) is 29.8 Å². The van der Waals surface area contributed by atoms with Crippen LogP contribution in [-0.2, 0) is 13.6 Å². The maximum Gasteiger partial charge on any atom is 0.270 e. The molecule has 0 radical (unpaired) electrons. The molecule has 6 nitrogen and oxygen atoms in total. The molecule has 0 fully saturated rings. The predicted octanol–water partition coefficient (Wildman–Crippen LogP) is 3.64. The fourth-order valence-corrected chi connectivity index (χ4v) is 2.95. The highest BCUT2D eigenvalue weighted by molar-refractivity contribution is 6.04. The maximum absolute atomic E-state index is 12.6. The molecule has 0 aliphatic rings. The first-order chi connectivity index (χ1) is 13.2. The van der Waals surface area contributed by atoms with Crippen LogP contribution in [0, 0.1) is 0 Å². The molecule has 4 aromatic rings. The number of anilines is 2. The van der Waals surface area contributed by atoms with E-state index < -0.39 is 0 Å². The van der Waals surface area contributed by atoms with Crippen LogP contribution in [0.3, 0.4) is 0 Å². The fourth-order valence-electron chi connectivity index (χ4n) is 2.95. The Morgan fingerprint density at radius 2 is 1.78 bits per heavy atom. The number of para-hydroxylation sites is 1. The van der Waals surface area contributed by atoms with E-state index in [9.17, 15) is 4.79 Å². The first kappa shape index (κ1) is 16.8. The minimum Gasteiger partial charge on any atom is -0.347 e. The molecule has 0 aliphatic carbocycles. The molecule has 0 saturated heterocycles. The summed E-state index contributed by atoms with van der Waals surface area (Å²) in [6.45, 7) is 0.400. The quantitative estimate of drug-likeness (QED) is 0.572. The summed E-state index contributed by atoms with van der Waals surface area (Å²) in [6, 6.07) is 21.3. The van der Waals surface area contributed by atoms with Crippen LogP contribution >= 0.6 is 0 Å². The molecule has 0 aliphatic heterocycles. The van der Waals surface area contributed by atoms with Crippen molar-refractivity contribution >= 4 is 28.3 Å². The Bertz CT molecular complexity index is 1070. The van der Waals surface area contributed by atoms with E-state index in [1.807, 2.05) is 66.7 Å². The molecule has 2 aromatic carbocycles. The number of fused-ring (bicyclic) bond motifs is 1. The third-order valence-electron chi connectivity index (χ3n) is 4.28. The van der Waals surface area contributed by atoms with E-state index in [2.05, 4.69) is 20.7 Å². The number of benzene rings is 2. The Morgan fingerprint density at radius 1 is 1.00 bits per heavy atom. The Labute approximate surface area is 156 Å². The third kappa shape index (κ3) is 3.64. The number of nitrogens with zero attached hydrogens (tertiary/aromatic N) is 3. The number of rotatable bonds is 5. The monoisotopic (exact) mass is 357 g/mol. The minimum atomic E-state index is -0.155. The molecule has 0 spiro atoms. The van der Waals surface area contributed by atoms with Gasteiger partial charge in [-0.1, -0.05) is 42.5 Å². The van der Waals surface area contributed by atoms with Crippen LogP contribution in [0.25, 0.3) is 10.9 Å². The van der Waals surface area contributed by atoms with Crippen molar-refractivity contribution < 1.29 is 4.79 Å². The van der Waals surface area contributed by atoms with Crippen molar-refractivity contribution in [2.45, 2.75) is 6.54 Å². The summed E-state index contributed by atoms with van der Waals surface area (Å²) in [4.78, 5) is 17.0. The minimum absolute atomic E-state index is 0.155. The zero-order valence-electron chi connectivity index (χ0n) is 14.9. The largest absolute Gasteiger partial charge is 0.347 e.